The Labute approximate surface area is 97.1 Å². The third-order valence-electron chi connectivity index (χ3n) is 3.07. The number of aryl methyl sites for hydroxylation is 2. The van der Waals surface area contributed by atoms with Crippen LogP contribution in [0.3, 0.4) is 0 Å². The Kier molecular flexibility index (Phi) is 2.55. The Morgan fingerprint density at radius 1 is 1.31 bits per heavy atom. The second kappa shape index (κ2) is 3.63. The molecule has 0 saturated heterocycles. The molecule has 1 aromatic heterocycles. The lowest BCUT2D eigenvalue weighted by Crippen LogP contribution is -2.28. The molecule has 0 fully saturated rings. The van der Waals surface area contributed by atoms with Gasteiger partial charge in [-0.3, -0.25) is 0 Å². The Morgan fingerprint density at radius 2 is 2.00 bits per heavy atom. The Morgan fingerprint density at radius 3 is 2.56 bits per heavy atom. The summed E-state index contributed by atoms with van der Waals surface area (Å²) in [5.41, 5.74) is 9.74. The van der Waals surface area contributed by atoms with Gasteiger partial charge in [-0.15, -0.1) is 0 Å². The normalized spacial score (nSPS) is 12.3. The first-order valence-electron chi connectivity index (χ1n) is 5.82. The van der Waals surface area contributed by atoms with Gasteiger partial charge in [-0.2, -0.15) is 0 Å². The van der Waals surface area contributed by atoms with Crippen LogP contribution in [-0.2, 0) is 12.1 Å². The smallest absolute Gasteiger partial charge is 0.0486 e. The van der Waals surface area contributed by atoms with E-state index in [1.54, 1.807) is 0 Å². The average molecular weight is 216 g/mol. The van der Waals surface area contributed by atoms with Crippen molar-refractivity contribution < 1.29 is 0 Å². The fourth-order valence-electron chi connectivity index (χ4n) is 2.18. The molecule has 0 aliphatic carbocycles. The highest BCUT2D eigenvalue weighted by Crippen LogP contribution is 2.29. The minimum Gasteiger partial charge on any atom is -0.347 e. The van der Waals surface area contributed by atoms with Gasteiger partial charge >= 0.3 is 0 Å². The lowest BCUT2D eigenvalue weighted by molar-refractivity contribution is 0.556. The monoisotopic (exact) mass is 216 g/mol. The SMILES string of the molecule is CCn1cc(C(C)(C)N)c2ccc(C)cc21. The van der Waals surface area contributed by atoms with Crippen molar-refractivity contribution in [3.8, 4) is 0 Å². The van der Waals surface area contributed by atoms with Gasteiger partial charge in [0.2, 0.25) is 0 Å². The van der Waals surface area contributed by atoms with Gasteiger partial charge in [0.1, 0.15) is 0 Å². The zero-order valence-corrected chi connectivity index (χ0v) is 10.5. The summed E-state index contributed by atoms with van der Waals surface area (Å²) in [6, 6.07) is 6.56. The van der Waals surface area contributed by atoms with E-state index in [0.29, 0.717) is 0 Å². The fraction of sp³-hybridized carbons (Fsp3) is 0.429. The molecule has 0 amide bonds. The third-order valence-corrected chi connectivity index (χ3v) is 3.07. The van der Waals surface area contributed by atoms with E-state index >= 15 is 0 Å². The van der Waals surface area contributed by atoms with Crippen LogP contribution in [0, 0.1) is 6.92 Å². The van der Waals surface area contributed by atoms with Crippen LogP contribution in [0.15, 0.2) is 24.4 Å². The second-order valence-electron chi connectivity index (χ2n) is 5.07. The standard InChI is InChI=1S/C14H20N2/c1-5-16-9-12(14(3,4)15)11-7-6-10(2)8-13(11)16/h6-9H,5,15H2,1-4H3. The van der Waals surface area contributed by atoms with Crippen LogP contribution in [0.1, 0.15) is 31.9 Å². The number of aromatic nitrogens is 1. The van der Waals surface area contributed by atoms with Crippen LogP contribution >= 0.6 is 0 Å². The zero-order chi connectivity index (χ0) is 11.9. The van der Waals surface area contributed by atoms with Crippen molar-refractivity contribution in [2.75, 3.05) is 0 Å². The van der Waals surface area contributed by atoms with Crippen LogP contribution in [0.5, 0.6) is 0 Å². The second-order valence-corrected chi connectivity index (χ2v) is 5.07. The first kappa shape index (κ1) is 11.2. The average Bonchev–Trinajstić information content (AvgIpc) is 2.55. The molecule has 86 valence electrons. The Hall–Kier alpha value is -1.28. The Bertz CT molecular complexity index is 515. The maximum atomic E-state index is 6.22. The van der Waals surface area contributed by atoms with Crippen LogP contribution < -0.4 is 5.73 Å². The van der Waals surface area contributed by atoms with Crippen molar-refractivity contribution in [3.63, 3.8) is 0 Å². The van der Waals surface area contributed by atoms with E-state index < -0.39 is 0 Å². The van der Waals surface area contributed by atoms with Crippen molar-refractivity contribution in [2.45, 2.75) is 39.8 Å². The molecule has 0 saturated carbocycles. The van der Waals surface area contributed by atoms with Crippen LogP contribution in [0.4, 0.5) is 0 Å². The molecule has 0 radical (unpaired) electrons. The van der Waals surface area contributed by atoms with Gasteiger partial charge in [0.05, 0.1) is 0 Å². The van der Waals surface area contributed by atoms with Crippen LogP contribution in [-0.4, -0.2) is 4.57 Å². The van der Waals surface area contributed by atoms with Crippen molar-refractivity contribution >= 4 is 10.9 Å². The van der Waals surface area contributed by atoms with Crippen molar-refractivity contribution in [1.82, 2.24) is 4.57 Å². The molecule has 2 heteroatoms. The molecular formula is C14H20N2. The van der Waals surface area contributed by atoms with Crippen LogP contribution in [0.2, 0.25) is 0 Å². The molecule has 1 aromatic carbocycles. The highest BCUT2D eigenvalue weighted by Gasteiger charge is 2.20. The highest BCUT2D eigenvalue weighted by atomic mass is 15.0. The first-order chi connectivity index (χ1) is 7.43. The molecule has 0 bridgehead atoms. The van der Waals surface area contributed by atoms with Gasteiger partial charge in [-0.1, -0.05) is 12.1 Å². The van der Waals surface area contributed by atoms with E-state index in [9.17, 15) is 0 Å². The molecule has 0 unspecified atom stereocenters. The molecule has 16 heavy (non-hydrogen) atoms. The topological polar surface area (TPSA) is 30.9 Å². The first-order valence-corrected chi connectivity index (χ1v) is 5.82. The van der Waals surface area contributed by atoms with Gasteiger partial charge < -0.3 is 10.3 Å². The number of fused-ring (bicyclic) bond motifs is 1. The van der Waals surface area contributed by atoms with Gasteiger partial charge in [-0.25, -0.2) is 0 Å². The maximum Gasteiger partial charge on any atom is 0.0486 e. The zero-order valence-electron chi connectivity index (χ0n) is 10.5. The predicted molar refractivity (Wildman–Crippen MR) is 69.6 cm³/mol. The van der Waals surface area contributed by atoms with E-state index in [-0.39, 0.29) is 5.54 Å². The largest absolute Gasteiger partial charge is 0.347 e. The molecule has 2 rings (SSSR count). The highest BCUT2D eigenvalue weighted by molar-refractivity contribution is 5.85. The van der Waals surface area contributed by atoms with E-state index in [1.807, 2.05) is 0 Å². The van der Waals surface area contributed by atoms with Gasteiger partial charge in [0.25, 0.3) is 0 Å². The number of benzene rings is 1. The number of nitrogens with zero attached hydrogens (tertiary/aromatic N) is 1. The summed E-state index contributed by atoms with van der Waals surface area (Å²) in [5.74, 6) is 0. The number of hydrogen-bond acceptors (Lipinski definition) is 1. The lowest BCUT2D eigenvalue weighted by atomic mass is 9.95. The molecule has 2 aromatic rings. The molecule has 0 spiro atoms. The minimum absolute atomic E-state index is 0.284. The number of rotatable bonds is 2. The fourth-order valence-corrected chi connectivity index (χ4v) is 2.18. The van der Waals surface area contributed by atoms with Crippen LogP contribution in [0.25, 0.3) is 10.9 Å². The summed E-state index contributed by atoms with van der Waals surface area (Å²) in [7, 11) is 0. The number of nitrogens with two attached hydrogens (primary N) is 1. The van der Waals surface area contributed by atoms with E-state index in [2.05, 4.69) is 56.7 Å². The summed E-state index contributed by atoms with van der Waals surface area (Å²) in [6.45, 7) is 9.38. The summed E-state index contributed by atoms with van der Waals surface area (Å²) >= 11 is 0. The molecule has 0 atom stereocenters. The summed E-state index contributed by atoms with van der Waals surface area (Å²) in [5, 5.41) is 1.28. The summed E-state index contributed by atoms with van der Waals surface area (Å²) < 4.78 is 2.27. The number of hydrogen-bond donors (Lipinski definition) is 1. The minimum atomic E-state index is -0.284. The van der Waals surface area contributed by atoms with E-state index in [1.165, 1.54) is 22.0 Å². The quantitative estimate of drug-likeness (QED) is 0.821. The summed E-state index contributed by atoms with van der Waals surface area (Å²) in [6.07, 6.45) is 2.18. The van der Waals surface area contributed by atoms with E-state index in [4.69, 9.17) is 5.73 Å². The van der Waals surface area contributed by atoms with Crippen molar-refractivity contribution in [2.24, 2.45) is 5.73 Å². The van der Waals surface area contributed by atoms with Crippen molar-refractivity contribution in [1.29, 1.82) is 0 Å². The summed E-state index contributed by atoms with van der Waals surface area (Å²) in [4.78, 5) is 0. The van der Waals surface area contributed by atoms with Crippen molar-refractivity contribution in [3.05, 3.63) is 35.5 Å². The van der Waals surface area contributed by atoms with Gasteiger partial charge in [0.15, 0.2) is 0 Å². The third kappa shape index (κ3) is 1.74. The maximum absolute atomic E-state index is 6.22. The molecule has 0 aliphatic heterocycles. The van der Waals surface area contributed by atoms with Gasteiger partial charge in [0, 0.05) is 29.2 Å². The lowest BCUT2D eigenvalue weighted by Gasteiger charge is -2.17. The molecule has 2 N–H and O–H groups in total. The molecular weight excluding hydrogens is 196 g/mol. The van der Waals surface area contributed by atoms with E-state index in [0.717, 1.165) is 6.54 Å². The Balaban J connectivity index is 2.78. The molecule has 0 aliphatic rings. The molecule has 1 heterocycles. The van der Waals surface area contributed by atoms with Gasteiger partial charge in [-0.05, 0) is 44.9 Å². The predicted octanol–water partition coefficient (Wildman–Crippen LogP) is 3.16. The molecule has 2 nitrogen and oxygen atoms in total.